The summed E-state index contributed by atoms with van der Waals surface area (Å²) in [5, 5.41) is 14.0. The molecular weight excluding hydrogens is 356 g/mol. The predicted octanol–water partition coefficient (Wildman–Crippen LogP) is 1.59. The molecule has 0 spiro atoms. The number of benzene rings is 2. The highest BCUT2D eigenvalue weighted by Gasteiger charge is 2.23. The lowest BCUT2D eigenvalue weighted by Gasteiger charge is -2.33. The second-order valence-electron chi connectivity index (χ2n) is 6.22. The number of nitro benzene ring substituents is 1. The summed E-state index contributed by atoms with van der Waals surface area (Å²) >= 11 is 5.89. The number of nitrogens with zero attached hydrogens (tertiary/aromatic N) is 2. The lowest BCUT2D eigenvalue weighted by Crippen LogP contribution is -3.15. The van der Waals surface area contributed by atoms with E-state index in [1.807, 2.05) is 18.2 Å². The zero-order chi connectivity index (χ0) is 18.5. The number of piperazine rings is 1. The van der Waals surface area contributed by atoms with Crippen LogP contribution in [0.3, 0.4) is 0 Å². The first-order valence-corrected chi connectivity index (χ1v) is 8.78. The molecule has 0 radical (unpaired) electrons. The van der Waals surface area contributed by atoms with Gasteiger partial charge < -0.3 is 15.1 Å². The second-order valence-corrected chi connectivity index (χ2v) is 6.65. The number of carbonyl (C=O) groups excluding carboxylic acids is 1. The van der Waals surface area contributed by atoms with Crippen LogP contribution in [0.4, 0.5) is 17.1 Å². The number of nitrogens with one attached hydrogen (secondary N) is 2. The summed E-state index contributed by atoms with van der Waals surface area (Å²) in [6.45, 7) is 3.67. The fourth-order valence-electron chi connectivity index (χ4n) is 3.09. The zero-order valence-corrected chi connectivity index (χ0v) is 14.9. The number of para-hydroxylation sites is 1. The minimum atomic E-state index is -0.530. The van der Waals surface area contributed by atoms with Crippen LogP contribution in [0.1, 0.15) is 0 Å². The van der Waals surface area contributed by atoms with Crippen LogP contribution in [0.25, 0.3) is 0 Å². The van der Waals surface area contributed by atoms with E-state index in [0.29, 0.717) is 5.02 Å². The van der Waals surface area contributed by atoms with E-state index in [0.717, 1.165) is 31.1 Å². The number of anilines is 2. The van der Waals surface area contributed by atoms with Crippen molar-refractivity contribution < 1.29 is 14.6 Å². The van der Waals surface area contributed by atoms with Gasteiger partial charge in [0.25, 0.3) is 11.6 Å². The monoisotopic (exact) mass is 375 g/mol. The van der Waals surface area contributed by atoms with Gasteiger partial charge in [-0.3, -0.25) is 14.9 Å². The van der Waals surface area contributed by atoms with Crippen molar-refractivity contribution in [2.45, 2.75) is 0 Å². The highest BCUT2D eigenvalue weighted by Crippen LogP contribution is 2.27. The Hall–Kier alpha value is -2.64. The Labute approximate surface area is 156 Å². The van der Waals surface area contributed by atoms with Crippen LogP contribution in [0.5, 0.6) is 0 Å². The predicted molar refractivity (Wildman–Crippen MR) is 101 cm³/mol. The normalized spacial score (nSPS) is 14.9. The molecule has 2 aromatic rings. The van der Waals surface area contributed by atoms with Gasteiger partial charge in [0.2, 0.25) is 0 Å². The molecule has 136 valence electrons. The maximum absolute atomic E-state index is 12.3. The molecule has 1 saturated heterocycles. The third-order valence-corrected chi connectivity index (χ3v) is 4.67. The minimum absolute atomic E-state index is 0.134. The Morgan fingerprint density at radius 1 is 1.19 bits per heavy atom. The lowest BCUT2D eigenvalue weighted by atomic mass is 10.2. The Bertz CT molecular complexity index is 792. The summed E-state index contributed by atoms with van der Waals surface area (Å²) in [6.07, 6.45) is 0. The first-order valence-electron chi connectivity index (χ1n) is 8.40. The molecule has 1 heterocycles. The van der Waals surface area contributed by atoms with Gasteiger partial charge in [-0.05, 0) is 24.3 Å². The van der Waals surface area contributed by atoms with E-state index in [9.17, 15) is 14.9 Å². The van der Waals surface area contributed by atoms with Gasteiger partial charge in [0.05, 0.1) is 31.1 Å². The Balaban J connectivity index is 1.55. The first-order chi connectivity index (χ1) is 12.5. The van der Waals surface area contributed by atoms with Gasteiger partial charge in [-0.25, -0.2) is 0 Å². The molecule has 8 heteroatoms. The Morgan fingerprint density at radius 3 is 2.54 bits per heavy atom. The number of hydrogen-bond donors (Lipinski definition) is 2. The maximum atomic E-state index is 12.3. The minimum Gasteiger partial charge on any atom is -0.360 e. The zero-order valence-electron chi connectivity index (χ0n) is 14.2. The van der Waals surface area contributed by atoms with Crippen LogP contribution >= 0.6 is 11.6 Å². The molecule has 1 aliphatic heterocycles. The van der Waals surface area contributed by atoms with Crippen molar-refractivity contribution in [2.75, 3.05) is 42.9 Å². The number of nitro groups is 1. The molecule has 0 saturated carbocycles. The summed E-state index contributed by atoms with van der Waals surface area (Å²) in [5.41, 5.74) is 1.16. The third kappa shape index (κ3) is 4.50. The summed E-state index contributed by atoms with van der Waals surface area (Å²) in [4.78, 5) is 26.3. The fraction of sp³-hybridized carbons (Fsp3) is 0.278. The van der Waals surface area contributed by atoms with Crippen LogP contribution in [-0.2, 0) is 4.79 Å². The molecule has 0 unspecified atom stereocenters. The van der Waals surface area contributed by atoms with Gasteiger partial charge in [0.1, 0.15) is 5.69 Å². The lowest BCUT2D eigenvalue weighted by molar-refractivity contribution is -0.892. The number of hydrogen-bond acceptors (Lipinski definition) is 4. The molecule has 3 rings (SSSR count). The van der Waals surface area contributed by atoms with Crippen molar-refractivity contribution >= 4 is 34.6 Å². The third-order valence-electron chi connectivity index (χ3n) is 4.43. The van der Waals surface area contributed by atoms with Gasteiger partial charge in [0.15, 0.2) is 6.54 Å². The smallest absolute Gasteiger partial charge is 0.292 e. The standard InChI is InChI=1S/C18H19ClN4O3/c19-14-6-7-17(23(25)26)16(12-14)20-18(24)13-21-8-10-22(11-9-21)15-4-2-1-3-5-15/h1-7,12H,8-11,13H2,(H,20,24)/p+1. The van der Waals surface area contributed by atoms with Crippen molar-refractivity contribution in [1.29, 1.82) is 0 Å². The molecule has 1 amide bonds. The molecule has 0 aromatic heterocycles. The summed E-state index contributed by atoms with van der Waals surface area (Å²) < 4.78 is 0. The highest BCUT2D eigenvalue weighted by molar-refractivity contribution is 6.31. The number of rotatable bonds is 5. The SMILES string of the molecule is O=C(C[NH+]1CCN(c2ccccc2)CC1)Nc1cc(Cl)ccc1[N+](=O)[O-]. The van der Waals surface area contributed by atoms with Crippen molar-refractivity contribution in [3.05, 3.63) is 63.7 Å². The highest BCUT2D eigenvalue weighted by atomic mass is 35.5. The summed E-state index contributed by atoms with van der Waals surface area (Å²) in [7, 11) is 0. The van der Waals surface area contributed by atoms with Crippen LogP contribution in [0.15, 0.2) is 48.5 Å². The maximum Gasteiger partial charge on any atom is 0.292 e. The van der Waals surface area contributed by atoms with E-state index in [4.69, 9.17) is 11.6 Å². The van der Waals surface area contributed by atoms with E-state index in [1.165, 1.54) is 23.9 Å². The first kappa shape index (κ1) is 18.2. The molecule has 2 aromatic carbocycles. The number of amides is 1. The van der Waals surface area contributed by atoms with Gasteiger partial charge >= 0.3 is 0 Å². The summed E-state index contributed by atoms with van der Waals surface area (Å²) in [5.74, 6) is -0.251. The van der Waals surface area contributed by atoms with E-state index >= 15 is 0 Å². The number of quaternary nitrogens is 1. The van der Waals surface area contributed by atoms with E-state index < -0.39 is 4.92 Å². The number of halogens is 1. The molecular formula is C18H20ClN4O3+. The van der Waals surface area contributed by atoms with Crippen LogP contribution in [-0.4, -0.2) is 43.6 Å². The van der Waals surface area contributed by atoms with Gasteiger partial charge in [-0.15, -0.1) is 0 Å². The quantitative estimate of drug-likeness (QED) is 0.614. The van der Waals surface area contributed by atoms with Crippen LogP contribution < -0.4 is 15.1 Å². The molecule has 1 aliphatic rings. The molecule has 7 nitrogen and oxygen atoms in total. The second kappa shape index (κ2) is 8.16. The van der Waals surface area contributed by atoms with Gasteiger partial charge in [-0.2, -0.15) is 0 Å². The van der Waals surface area contributed by atoms with Gasteiger partial charge in [-0.1, -0.05) is 29.8 Å². The van der Waals surface area contributed by atoms with E-state index in [-0.39, 0.29) is 23.8 Å². The van der Waals surface area contributed by atoms with Crippen molar-refractivity contribution in [3.8, 4) is 0 Å². The average molecular weight is 376 g/mol. The van der Waals surface area contributed by atoms with E-state index in [2.05, 4.69) is 22.3 Å². The van der Waals surface area contributed by atoms with Crippen LogP contribution in [0.2, 0.25) is 5.02 Å². The molecule has 1 fully saturated rings. The van der Waals surface area contributed by atoms with Gasteiger partial charge in [0, 0.05) is 16.8 Å². The molecule has 0 aliphatic carbocycles. The average Bonchev–Trinajstić information content (AvgIpc) is 2.63. The Kier molecular flexibility index (Phi) is 5.70. The van der Waals surface area contributed by atoms with Crippen molar-refractivity contribution in [3.63, 3.8) is 0 Å². The molecule has 2 N–H and O–H groups in total. The Morgan fingerprint density at radius 2 is 1.88 bits per heavy atom. The largest absolute Gasteiger partial charge is 0.360 e. The molecule has 0 bridgehead atoms. The fourth-order valence-corrected chi connectivity index (χ4v) is 3.26. The molecule has 0 atom stereocenters. The number of carbonyl (C=O) groups is 1. The van der Waals surface area contributed by atoms with E-state index in [1.54, 1.807) is 0 Å². The van der Waals surface area contributed by atoms with Crippen molar-refractivity contribution in [1.82, 2.24) is 0 Å². The van der Waals surface area contributed by atoms with Crippen LogP contribution in [0, 0.1) is 10.1 Å². The summed E-state index contributed by atoms with van der Waals surface area (Å²) in [6, 6.07) is 14.3. The van der Waals surface area contributed by atoms with Crippen molar-refractivity contribution in [2.24, 2.45) is 0 Å². The molecule has 26 heavy (non-hydrogen) atoms. The topological polar surface area (TPSA) is 79.9 Å².